The number of carbonyl (C=O) groups excluding carboxylic acids is 1. The maximum absolute atomic E-state index is 13.3. The molecule has 4 aromatic rings. The van der Waals surface area contributed by atoms with Crippen molar-refractivity contribution >= 4 is 56.5 Å². The third-order valence-corrected chi connectivity index (χ3v) is 6.53. The number of hydrogen-bond acceptors (Lipinski definition) is 5. The lowest BCUT2D eigenvalue weighted by molar-refractivity contribution is -0.113. The van der Waals surface area contributed by atoms with E-state index in [1.807, 2.05) is 18.2 Å². The van der Waals surface area contributed by atoms with Crippen LogP contribution in [0.15, 0.2) is 59.9 Å². The number of aromatic nitrogens is 2. The molecule has 0 saturated carbocycles. The number of fused-ring (bicyclic) bond motifs is 1. The molecule has 1 amide bonds. The highest BCUT2D eigenvalue weighted by molar-refractivity contribution is 8.00. The maximum Gasteiger partial charge on any atom is 0.234 e. The molecule has 2 heterocycles. The molecular weight excluding hydrogens is 429 g/mol. The number of amides is 1. The summed E-state index contributed by atoms with van der Waals surface area (Å²) in [5.74, 6) is -0.592. The topological polar surface area (TPSA) is 54.9 Å². The van der Waals surface area contributed by atoms with Gasteiger partial charge in [-0.1, -0.05) is 53.7 Å². The van der Waals surface area contributed by atoms with Crippen molar-refractivity contribution in [3.05, 3.63) is 70.6 Å². The SMILES string of the molecule is Cc1sc2ncnc(SCC(=O)Nc3ccc(F)c(Cl)c3)c2c1-c1ccccc1. The molecule has 0 fully saturated rings. The Morgan fingerprint density at radius 2 is 2.00 bits per heavy atom. The highest BCUT2D eigenvalue weighted by Gasteiger charge is 2.17. The van der Waals surface area contributed by atoms with Crippen LogP contribution in [0.25, 0.3) is 21.3 Å². The molecule has 146 valence electrons. The number of benzene rings is 2. The molecule has 0 atom stereocenters. The molecule has 1 N–H and O–H groups in total. The number of hydrogen-bond donors (Lipinski definition) is 1. The monoisotopic (exact) mass is 443 g/mol. The Labute approximate surface area is 180 Å². The summed E-state index contributed by atoms with van der Waals surface area (Å²) in [5, 5.41) is 4.41. The lowest BCUT2D eigenvalue weighted by atomic mass is 10.0. The van der Waals surface area contributed by atoms with E-state index in [-0.39, 0.29) is 16.7 Å². The predicted molar refractivity (Wildman–Crippen MR) is 118 cm³/mol. The van der Waals surface area contributed by atoms with Crippen LogP contribution < -0.4 is 5.32 Å². The van der Waals surface area contributed by atoms with Crippen molar-refractivity contribution in [3.63, 3.8) is 0 Å². The smallest absolute Gasteiger partial charge is 0.234 e. The first-order chi connectivity index (χ1) is 14.0. The minimum atomic E-state index is -0.524. The Balaban J connectivity index is 1.58. The molecule has 2 aromatic carbocycles. The first-order valence-corrected chi connectivity index (χ1v) is 10.9. The fourth-order valence-corrected chi connectivity index (χ4v) is 5.05. The fourth-order valence-electron chi connectivity index (χ4n) is 2.98. The van der Waals surface area contributed by atoms with Crippen LogP contribution in [-0.2, 0) is 4.79 Å². The summed E-state index contributed by atoms with van der Waals surface area (Å²) >= 11 is 8.72. The highest BCUT2D eigenvalue weighted by Crippen LogP contribution is 2.41. The van der Waals surface area contributed by atoms with Crippen LogP contribution in [0.4, 0.5) is 10.1 Å². The molecule has 4 nitrogen and oxygen atoms in total. The molecule has 0 radical (unpaired) electrons. The van der Waals surface area contributed by atoms with Gasteiger partial charge in [0.15, 0.2) is 0 Å². The molecule has 0 aliphatic rings. The van der Waals surface area contributed by atoms with E-state index in [9.17, 15) is 9.18 Å². The molecule has 2 aromatic heterocycles. The van der Waals surface area contributed by atoms with Gasteiger partial charge in [0.2, 0.25) is 5.91 Å². The number of halogens is 2. The van der Waals surface area contributed by atoms with Gasteiger partial charge in [0.25, 0.3) is 0 Å². The van der Waals surface area contributed by atoms with Crippen molar-refractivity contribution in [3.8, 4) is 11.1 Å². The lowest BCUT2D eigenvalue weighted by Gasteiger charge is -2.08. The van der Waals surface area contributed by atoms with Crippen LogP contribution in [0.1, 0.15) is 4.88 Å². The van der Waals surface area contributed by atoms with Gasteiger partial charge >= 0.3 is 0 Å². The van der Waals surface area contributed by atoms with E-state index >= 15 is 0 Å². The zero-order valence-electron chi connectivity index (χ0n) is 15.3. The van der Waals surface area contributed by atoms with Crippen molar-refractivity contribution in [2.24, 2.45) is 0 Å². The first kappa shape index (κ1) is 19.8. The molecular formula is C21H15ClFN3OS2. The number of thiophene rings is 1. The molecule has 8 heteroatoms. The number of rotatable bonds is 5. The van der Waals surface area contributed by atoms with Crippen LogP contribution in [0.3, 0.4) is 0 Å². The fraction of sp³-hybridized carbons (Fsp3) is 0.0952. The van der Waals surface area contributed by atoms with Gasteiger partial charge < -0.3 is 5.32 Å². The van der Waals surface area contributed by atoms with E-state index in [4.69, 9.17) is 11.6 Å². The minimum Gasteiger partial charge on any atom is -0.325 e. The summed E-state index contributed by atoms with van der Waals surface area (Å²) in [6.45, 7) is 2.06. The second-order valence-corrected chi connectivity index (χ2v) is 8.80. The number of carbonyl (C=O) groups is 1. The van der Waals surface area contributed by atoms with Crippen molar-refractivity contribution in [1.29, 1.82) is 0 Å². The Bertz CT molecular complexity index is 1200. The van der Waals surface area contributed by atoms with Gasteiger partial charge in [-0.3, -0.25) is 4.79 Å². The van der Waals surface area contributed by atoms with Gasteiger partial charge in [0.05, 0.1) is 16.2 Å². The number of anilines is 1. The summed E-state index contributed by atoms with van der Waals surface area (Å²) in [4.78, 5) is 23.2. The lowest BCUT2D eigenvalue weighted by Crippen LogP contribution is -2.14. The summed E-state index contributed by atoms with van der Waals surface area (Å²) in [6.07, 6.45) is 1.52. The first-order valence-electron chi connectivity index (χ1n) is 8.70. The Kier molecular flexibility index (Phi) is 5.80. The van der Waals surface area contributed by atoms with E-state index in [0.29, 0.717) is 5.69 Å². The highest BCUT2D eigenvalue weighted by atomic mass is 35.5. The van der Waals surface area contributed by atoms with Crippen molar-refractivity contribution in [2.75, 3.05) is 11.1 Å². The van der Waals surface area contributed by atoms with Crippen molar-refractivity contribution in [2.45, 2.75) is 11.9 Å². The van der Waals surface area contributed by atoms with E-state index in [2.05, 4.69) is 34.3 Å². The van der Waals surface area contributed by atoms with Crippen LogP contribution >= 0.6 is 34.7 Å². The van der Waals surface area contributed by atoms with Crippen molar-refractivity contribution < 1.29 is 9.18 Å². The molecule has 0 spiro atoms. The number of nitrogens with zero attached hydrogens (tertiary/aromatic N) is 2. The Hall–Kier alpha value is -2.48. The summed E-state index contributed by atoms with van der Waals surface area (Å²) in [6, 6.07) is 14.2. The van der Waals surface area contributed by atoms with E-state index in [1.165, 1.54) is 36.3 Å². The third kappa shape index (κ3) is 4.27. The average Bonchev–Trinajstić information content (AvgIpc) is 3.06. The molecule has 0 aliphatic carbocycles. The van der Waals surface area contributed by atoms with Crippen LogP contribution in [0.2, 0.25) is 5.02 Å². The molecule has 4 rings (SSSR count). The summed E-state index contributed by atoms with van der Waals surface area (Å²) in [5.41, 5.74) is 2.64. The molecule has 0 aliphatic heterocycles. The average molecular weight is 444 g/mol. The molecule has 0 unspecified atom stereocenters. The van der Waals surface area contributed by atoms with Gasteiger partial charge in [0.1, 0.15) is 22.0 Å². The van der Waals surface area contributed by atoms with Gasteiger partial charge in [-0.25, -0.2) is 14.4 Å². The van der Waals surface area contributed by atoms with Gasteiger partial charge in [-0.05, 0) is 30.7 Å². The zero-order valence-corrected chi connectivity index (χ0v) is 17.7. The standard InChI is InChI=1S/C21H15ClFN3OS2/c1-12-18(13-5-3-2-4-6-13)19-20(24-11-25-21(19)29-12)28-10-17(27)26-14-7-8-16(23)15(22)9-14/h2-9,11H,10H2,1H3,(H,26,27). The Morgan fingerprint density at radius 1 is 1.21 bits per heavy atom. The van der Waals surface area contributed by atoms with E-state index in [0.717, 1.165) is 31.2 Å². The predicted octanol–water partition coefficient (Wildman–Crippen LogP) is 6.19. The summed E-state index contributed by atoms with van der Waals surface area (Å²) in [7, 11) is 0. The number of thioether (sulfide) groups is 1. The van der Waals surface area contributed by atoms with Crippen LogP contribution in [0.5, 0.6) is 0 Å². The van der Waals surface area contributed by atoms with Gasteiger partial charge in [-0.2, -0.15) is 0 Å². The van der Waals surface area contributed by atoms with Crippen LogP contribution in [0, 0.1) is 12.7 Å². The second kappa shape index (κ2) is 8.49. The van der Waals surface area contributed by atoms with E-state index < -0.39 is 5.82 Å². The maximum atomic E-state index is 13.3. The third-order valence-electron chi connectivity index (χ3n) is 4.24. The molecule has 0 saturated heterocycles. The van der Waals surface area contributed by atoms with Gasteiger partial charge in [0, 0.05) is 16.1 Å². The minimum absolute atomic E-state index is 0.0331. The largest absolute Gasteiger partial charge is 0.325 e. The molecule has 0 bridgehead atoms. The van der Waals surface area contributed by atoms with E-state index in [1.54, 1.807) is 11.3 Å². The normalized spacial score (nSPS) is 11.0. The number of nitrogens with one attached hydrogen (secondary N) is 1. The van der Waals surface area contributed by atoms with Crippen molar-refractivity contribution in [1.82, 2.24) is 9.97 Å². The molecule has 29 heavy (non-hydrogen) atoms. The van der Waals surface area contributed by atoms with Crippen LogP contribution in [-0.4, -0.2) is 21.6 Å². The van der Waals surface area contributed by atoms with Gasteiger partial charge in [-0.15, -0.1) is 11.3 Å². The summed E-state index contributed by atoms with van der Waals surface area (Å²) < 4.78 is 13.3. The number of aryl methyl sites for hydroxylation is 1. The zero-order chi connectivity index (χ0) is 20.4. The Morgan fingerprint density at radius 3 is 2.76 bits per heavy atom. The second-order valence-electron chi connectivity index (χ2n) is 6.22. The quantitative estimate of drug-likeness (QED) is 0.295.